The van der Waals surface area contributed by atoms with E-state index in [9.17, 15) is 0 Å². The molecule has 0 radical (unpaired) electrons. The molecule has 1 aliphatic carbocycles. The molecule has 1 fully saturated rings. The van der Waals surface area contributed by atoms with Gasteiger partial charge in [0, 0.05) is 13.1 Å². The van der Waals surface area contributed by atoms with Crippen LogP contribution in [0.3, 0.4) is 0 Å². The number of fused-ring (bicyclic) bond motifs is 1. The highest BCUT2D eigenvalue weighted by Crippen LogP contribution is 2.38. The topological polar surface area (TPSA) is 3.24 Å². The van der Waals surface area contributed by atoms with E-state index in [0.29, 0.717) is 0 Å². The van der Waals surface area contributed by atoms with Crippen molar-refractivity contribution in [2.75, 3.05) is 7.05 Å². The van der Waals surface area contributed by atoms with Gasteiger partial charge in [-0.3, -0.25) is 0 Å². The fourth-order valence-electron chi connectivity index (χ4n) is 3.29. The van der Waals surface area contributed by atoms with Crippen LogP contribution >= 0.6 is 0 Å². The molecule has 1 saturated carbocycles. The summed E-state index contributed by atoms with van der Waals surface area (Å²) >= 11 is 0. The highest BCUT2D eigenvalue weighted by Gasteiger charge is 2.33. The molecule has 3 unspecified atom stereocenters. The Bertz CT molecular complexity index is 221. The number of unbranched alkanes of at least 4 members (excludes halogenated alkanes) is 2. The van der Waals surface area contributed by atoms with Crippen molar-refractivity contribution in [3.05, 3.63) is 12.3 Å². The molecule has 1 heteroatoms. The molecule has 15 heavy (non-hydrogen) atoms. The zero-order valence-corrected chi connectivity index (χ0v) is 10.3. The van der Waals surface area contributed by atoms with Crippen molar-refractivity contribution in [1.82, 2.24) is 4.90 Å². The van der Waals surface area contributed by atoms with Crippen LogP contribution in [0, 0.1) is 11.8 Å². The second kappa shape index (κ2) is 5.05. The first kappa shape index (κ1) is 11.0. The number of hydrogen-bond donors (Lipinski definition) is 0. The van der Waals surface area contributed by atoms with Crippen LogP contribution in [-0.2, 0) is 0 Å². The Labute approximate surface area is 94.5 Å². The van der Waals surface area contributed by atoms with E-state index in [1.54, 1.807) is 0 Å². The third kappa shape index (κ3) is 2.56. The lowest BCUT2D eigenvalue weighted by Gasteiger charge is -2.35. The van der Waals surface area contributed by atoms with Crippen LogP contribution in [0.5, 0.6) is 0 Å². The van der Waals surface area contributed by atoms with Crippen molar-refractivity contribution in [1.29, 1.82) is 0 Å². The largest absolute Gasteiger partial charge is 0.377 e. The summed E-state index contributed by atoms with van der Waals surface area (Å²) in [6.07, 6.45) is 14.8. The van der Waals surface area contributed by atoms with Crippen molar-refractivity contribution in [3.8, 4) is 0 Å². The molecular formula is C14H25N. The van der Waals surface area contributed by atoms with Crippen LogP contribution in [0.25, 0.3) is 0 Å². The molecule has 1 aliphatic heterocycles. The highest BCUT2D eigenvalue weighted by molar-refractivity contribution is 5.05. The molecule has 0 aromatic heterocycles. The molecule has 2 rings (SSSR count). The fourth-order valence-corrected chi connectivity index (χ4v) is 3.29. The highest BCUT2D eigenvalue weighted by atomic mass is 15.1. The van der Waals surface area contributed by atoms with E-state index in [-0.39, 0.29) is 0 Å². The molecule has 1 heterocycles. The molecule has 0 aromatic carbocycles. The summed E-state index contributed by atoms with van der Waals surface area (Å²) in [5.41, 5.74) is 0. The lowest BCUT2D eigenvalue weighted by atomic mass is 9.77. The van der Waals surface area contributed by atoms with Crippen LogP contribution in [0.15, 0.2) is 12.3 Å². The van der Waals surface area contributed by atoms with Gasteiger partial charge in [-0.1, -0.05) is 38.7 Å². The second-order valence-electron chi connectivity index (χ2n) is 5.41. The second-order valence-corrected chi connectivity index (χ2v) is 5.41. The van der Waals surface area contributed by atoms with Gasteiger partial charge in [-0.2, -0.15) is 0 Å². The normalized spacial score (nSPS) is 34.5. The summed E-state index contributed by atoms with van der Waals surface area (Å²) in [6.45, 7) is 2.30. The molecule has 3 atom stereocenters. The Hall–Kier alpha value is -0.460. The average molecular weight is 207 g/mol. The van der Waals surface area contributed by atoms with Gasteiger partial charge in [0.25, 0.3) is 0 Å². The van der Waals surface area contributed by atoms with Gasteiger partial charge >= 0.3 is 0 Å². The Balaban J connectivity index is 1.75. The Morgan fingerprint density at radius 1 is 1.27 bits per heavy atom. The molecule has 0 aromatic rings. The first-order valence-electron chi connectivity index (χ1n) is 6.71. The monoisotopic (exact) mass is 207 g/mol. The SMILES string of the molecule is CCCCCC1CCC2C(C=CN2C)C1. The lowest BCUT2D eigenvalue weighted by Crippen LogP contribution is -2.34. The minimum Gasteiger partial charge on any atom is -0.377 e. The Morgan fingerprint density at radius 3 is 2.93 bits per heavy atom. The maximum absolute atomic E-state index is 2.44. The number of hydrogen-bond acceptors (Lipinski definition) is 1. The first-order chi connectivity index (χ1) is 7.31. The minimum atomic E-state index is 0.840. The molecule has 0 spiro atoms. The molecule has 1 nitrogen and oxygen atoms in total. The van der Waals surface area contributed by atoms with E-state index in [2.05, 4.69) is 31.1 Å². The van der Waals surface area contributed by atoms with Gasteiger partial charge in [-0.25, -0.2) is 0 Å². The van der Waals surface area contributed by atoms with Gasteiger partial charge in [-0.15, -0.1) is 0 Å². The van der Waals surface area contributed by atoms with Crippen LogP contribution in [-0.4, -0.2) is 18.0 Å². The molecule has 2 aliphatic rings. The Morgan fingerprint density at radius 2 is 2.13 bits per heavy atom. The maximum atomic E-state index is 2.44. The quantitative estimate of drug-likeness (QED) is 0.634. The van der Waals surface area contributed by atoms with Crippen molar-refractivity contribution >= 4 is 0 Å². The van der Waals surface area contributed by atoms with E-state index in [4.69, 9.17) is 0 Å². The molecule has 0 N–H and O–H groups in total. The minimum absolute atomic E-state index is 0.840. The summed E-state index contributed by atoms with van der Waals surface area (Å²) in [5.74, 6) is 1.89. The fraction of sp³-hybridized carbons (Fsp3) is 0.857. The van der Waals surface area contributed by atoms with Gasteiger partial charge in [0.2, 0.25) is 0 Å². The zero-order chi connectivity index (χ0) is 10.7. The standard InChI is InChI=1S/C14H25N/c1-3-4-5-6-12-7-8-14-13(11-12)9-10-15(14)2/h9-10,12-14H,3-8,11H2,1-2H3. The van der Waals surface area contributed by atoms with Gasteiger partial charge in [-0.05, 0) is 37.3 Å². The van der Waals surface area contributed by atoms with Gasteiger partial charge < -0.3 is 4.90 Å². The van der Waals surface area contributed by atoms with Crippen molar-refractivity contribution in [2.45, 2.75) is 57.9 Å². The predicted molar refractivity (Wildman–Crippen MR) is 65.7 cm³/mol. The first-order valence-corrected chi connectivity index (χ1v) is 6.71. The van der Waals surface area contributed by atoms with Crippen molar-refractivity contribution in [3.63, 3.8) is 0 Å². The van der Waals surface area contributed by atoms with E-state index in [0.717, 1.165) is 17.9 Å². The molecule has 86 valence electrons. The third-order valence-corrected chi connectivity index (χ3v) is 4.28. The predicted octanol–water partition coefficient (Wildman–Crippen LogP) is 3.81. The van der Waals surface area contributed by atoms with Crippen molar-refractivity contribution < 1.29 is 0 Å². The van der Waals surface area contributed by atoms with Gasteiger partial charge in [0.05, 0.1) is 0 Å². The van der Waals surface area contributed by atoms with E-state index >= 15 is 0 Å². The number of nitrogens with zero attached hydrogens (tertiary/aromatic N) is 1. The molecule has 0 amide bonds. The van der Waals surface area contributed by atoms with E-state index < -0.39 is 0 Å². The van der Waals surface area contributed by atoms with E-state index in [1.165, 1.54) is 44.9 Å². The summed E-state index contributed by atoms with van der Waals surface area (Å²) in [4.78, 5) is 2.42. The van der Waals surface area contributed by atoms with Crippen LogP contribution in [0.1, 0.15) is 51.9 Å². The smallest absolute Gasteiger partial charge is 0.0344 e. The molecule has 0 bridgehead atoms. The lowest BCUT2D eigenvalue weighted by molar-refractivity contribution is 0.181. The summed E-state index contributed by atoms with van der Waals surface area (Å²) < 4.78 is 0. The summed E-state index contributed by atoms with van der Waals surface area (Å²) in [7, 11) is 2.23. The summed E-state index contributed by atoms with van der Waals surface area (Å²) in [6, 6.07) is 0.840. The Kier molecular flexibility index (Phi) is 3.71. The molecule has 0 saturated heterocycles. The van der Waals surface area contributed by atoms with E-state index in [1.807, 2.05) is 0 Å². The van der Waals surface area contributed by atoms with Gasteiger partial charge in [0.15, 0.2) is 0 Å². The maximum Gasteiger partial charge on any atom is 0.0344 e. The van der Waals surface area contributed by atoms with Gasteiger partial charge in [0.1, 0.15) is 0 Å². The molecular weight excluding hydrogens is 182 g/mol. The van der Waals surface area contributed by atoms with Crippen molar-refractivity contribution in [2.24, 2.45) is 11.8 Å². The average Bonchev–Trinajstić information content (AvgIpc) is 2.61. The third-order valence-electron chi connectivity index (χ3n) is 4.28. The van der Waals surface area contributed by atoms with Crippen LogP contribution < -0.4 is 0 Å². The van der Waals surface area contributed by atoms with Crippen LogP contribution in [0.2, 0.25) is 0 Å². The summed E-state index contributed by atoms with van der Waals surface area (Å²) in [5, 5.41) is 0. The van der Waals surface area contributed by atoms with Crippen LogP contribution in [0.4, 0.5) is 0 Å². The zero-order valence-electron chi connectivity index (χ0n) is 10.3. The number of rotatable bonds is 4.